The number of nitro groups is 1. The zero-order valence-electron chi connectivity index (χ0n) is 10.1. The van der Waals surface area contributed by atoms with Crippen LogP contribution in [0.1, 0.15) is 15.9 Å². The highest BCUT2D eigenvalue weighted by Crippen LogP contribution is 2.21. The van der Waals surface area contributed by atoms with Gasteiger partial charge in [0.1, 0.15) is 24.4 Å². The molecular weight excluding hydrogens is 250 g/mol. The number of nitrogens with zero attached hydrogens (tertiary/aromatic N) is 3. The van der Waals surface area contributed by atoms with Gasteiger partial charge >= 0.3 is 5.69 Å². The number of carbonyl (C=O) groups is 1. The van der Waals surface area contributed by atoms with Crippen molar-refractivity contribution >= 4 is 12.0 Å². The van der Waals surface area contributed by atoms with E-state index in [4.69, 9.17) is 4.74 Å². The molecule has 7 nitrogen and oxygen atoms in total. The van der Waals surface area contributed by atoms with Crippen LogP contribution >= 0.6 is 0 Å². The number of benzene rings is 1. The zero-order chi connectivity index (χ0) is 13.8. The van der Waals surface area contributed by atoms with E-state index in [1.165, 1.54) is 24.2 Å². The summed E-state index contributed by atoms with van der Waals surface area (Å²) in [6.07, 6.45) is 3.23. The Morgan fingerprint density at radius 3 is 2.89 bits per heavy atom. The summed E-state index contributed by atoms with van der Waals surface area (Å²) in [5.74, 6) is 0.601. The third-order valence-electron chi connectivity index (χ3n) is 2.60. The van der Waals surface area contributed by atoms with Gasteiger partial charge < -0.3 is 4.74 Å². The van der Waals surface area contributed by atoms with Crippen molar-refractivity contribution in [1.82, 2.24) is 9.78 Å². The van der Waals surface area contributed by atoms with Crippen molar-refractivity contribution in [2.45, 2.75) is 6.54 Å². The smallest absolute Gasteiger partial charge is 0.307 e. The molecule has 2 rings (SSSR count). The first-order valence-electron chi connectivity index (χ1n) is 5.43. The average molecular weight is 261 g/mol. The number of rotatable bonds is 5. The minimum absolute atomic E-state index is 0.0782. The Hall–Kier alpha value is -2.70. The summed E-state index contributed by atoms with van der Waals surface area (Å²) in [5.41, 5.74) is 1.16. The molecule has 0 amide bonds. The molecule has 7 heteroatoms. The molecule has 0 bridgehead atoms. The number of hydrogen-bond acceptors (Lipinski definition) is 5. The van der Waals surface area contributed by atoms with Gasteiger partial charge in [0.25, 0.3) is 0 Å². The van der Waals surface area contributed by atoms with E-state index in [1.807, 2.05) is 0 Å². The van der Waals surface area contributed by atoms with E-state index in [9.17, 15) is 14.9 Å². The Balaban J connectivity index is 2.30. The zero-order valence-corrected chi connectivity index (χ0v) is 10.1. The predicted molar refractivity (Wildman–Crippen MR) is 66.4 cm³/mol. The molecule has 0 aliphatic carbocycles. The van der Waals surface area contributed by atoms with Crippen molar-refractivity contribution in [2.75, 3.05) is 7.11 Å². The van der Waals surface area contributed by atoms with Crippen molar-refractivity contribution in [3.63, 3.8) is 0 Å². The lowest BCUT2D eigenvalue weighted by Crippen LogP contribution is -2.03. The molecule has 2 aromatic rings. The standard InChI is InChI=1S/C12H11N3O4/c1-19-12-3-2-9(8-16)4-10(12)6-14-7-11(5-13-14)15(17)18/h2-5,7-8H,6H2,1H3. The minimum atomic E-state index is -0.511. The molecule has 0 unspecified atom stereocenters. The quantitative estimate of drug-likeness (QED) is 0.464. The Kier molecular flexibility index (Phi) is 3.56. The van der Waals surface area contributed by atoms with Crippen molar-refractivity contribution in [1.29, 1.82) is 0 Å². The molecule has 1 aromatic carbocycles. The van der Waals surface area contributed by atoms with E-state index >= 15 is 0 Å². The van der Waals surface area contributed by atoms with Crippen LogP contribution in [0.4, 0.5) is 5.69 Å². The second kappa shape index (κ2) is 5.30. The molecule has 0 radical (unpaired) electrons. The summed E-state index contributed by atoms with van der Waals surface area (Å²) >= 11 is 0. The fourth-order valence-electron chi connectivity index (χ4n) is 1.70. The van der Waals surface area contributed by atoms with Gasteiger partial charge in [0.05, 0.1) is 18.6 Å². The van der Waals surface area contributed by atoms with E-state index in [2.05, 4.69) is 5.10 Å². The fourth-order valence-corrected chi connectivity index (χ4v) is 1.70. The number of methoxy groups -OCH3 is 1. The predicted octanol–water partition coefficient (Wildman–Crippen LogP) is 1.66. The summed E-state index contributed by atoms with van der Waals surface area (Å²) in [7, 11) is 1.52. The molecule has 0 spiro atoms. The maximum atomic E-state index is 10.8. The van der Waals surface area contributed by atoms with Crippen LogP contribution in [0.2, 0.25) is 0 Å². The van der Waals surface area contributed by atoms with Gasteiger partial charge in [0.15, 0.2) is 0 Å². The van der Waals surface area contributed by atoms with E-state index in [-0.39, 0.29) is 5.69 Å². The second-order valence-electron chi connectivity index (χ2n) is 3.84. The minimum Gasteiger partial charge on any atom is -0.496 e. The molecule has 0 N–H and O–H groups in total. The van der Waals surface area contributed by atoms with Crippen molar-refractivity contribution < 1.29 is 14.5 Å². The van der Waals surface area contributed by atoms with Crippen LogP contribution < -0.4 is 4.74 Å². The monoisotopic (exact) mass is 261 g/mol. The van der Waals surface area contributed by atoms with Gasteiger partial charge in [-0.3, -0.25) is 19.6 Å². The Bertz CT molecular complexity index is 621. The molecule has 0 atom stereocenters. The topological polar surface area (TPSA) is 87.3 Å². The van der Waals surface area contributed by atoms with Gasteiger partial charge in [-0.25, -0.2) is 0 Å². The maximum absolute atomic E-state index is 10.8. The highest BCUT2D eigenvalue weighted by molar-refractivity contribution is 5.75. The largest absolute Gasteiger partial charge is 0.496 e. The number of aldehydes is 1. The third kappa shape index (κ3) is 2.76. The number of hydrogen-bond donors (Lipinski definition) is 0. The van der Waals surface area contributed by atoms with Crippen LogP contribution in [0.15, 0.2) is 30.6 Å². The highest BCUT2D eigenvalue weighted by atomic mass is 16.6. The SMILES string of the molecule is COc1ccc(C=O)cc1Cn1cc([N+](=O)[O-])cn1. The molecule has 0 saturated heterocycles. The summed E-state index contributed by atoms with van der Waals surface area (Å²) in [6, 6.07) is 4.98. The Morgan fingerprint density at radius 1 is 1.53 bits per heavy atom. The number of aromatic nitrogens is 2. The lowest BCUT2D eigenvalue weighted by Gasteiger charge is -2.08. The van der Waals surface area contributed by atoms with Gasteiger partial charge in [-0.1, -0.05) is 0 Å². The van der Waals surface area contributed by atoms with Crippen LogP contribution in [0.3, 0.4) is 0 Å². The first-order chi connectivity index (χ1) is 9.13. The molecule has 1 aromatic heterocycles. The van der Waals surface area contributed by atoms with Gasteiger partial charge in [0.2, 0.25) is 0 Å². The first-order valence-corrected chi connectivity index (χ1v) is 5.43. The van der Waals surface area contributed by atoms with E-state index < -0.39 is 4.92 Å². The first kappa shape index (κ1) is 12.7. The van der Waals surface area contributed by atoms with Gasteiger partial charge in [-0.15, -0.1) is 0 Å². The van der Waals surface area contributed by atoms with Crippen molar-refractivity contribution in [3.8, 4) is 5.75 Å². The highest BCUT2D eigenvalue weighted by Gasteiger charge is 2.11. The molecule has 0 fully saturated rings. The Labute approximate surface area is 108 Å². The van der Waals surface area contributed by atoms with Crippen LogP contribution in [-0.4, -0.2) is 28.1 Å². The summed E-state index contributed by atoms with van der Waals surface area (Å²) < 4.78 is 6.60. The molecule has 19 heavy (non-hydrogen) atoms. The molecule has 98 valence electrons. The molecule has 0 saturated carbocycles. The molecule has 1 heterocycles. The molecule has 0 aliphatic heterocycles. The van der Waals surface area contributed by atoms with Gasteiger partial charge in [0, 0.05) is 11.1 Å². The normalized spacial score (nSPS) is 10.2. The van der Waals surface area contributed by atoms with Gasteiger partial charge in [-0.2, -0.15) is 5.10 Å². The van der Waals surface area contributed by atoms with Crippen molar-refractivity contribution in [2.24, 2.45) is 0 Å². The maximum Gasteiger partial charge on any atom is 0.307 e. The lowest BCUT2D eigenvalue weighted by molar-refractivity contribution is -0.385. The van der Waals surface area contributed by atoms with Crippen molar-refractivity contribution in [3.05, 3.63) is 51.8 Å². The van der Waals surface area contributed by atoms with E-state index in [0.29, 0.717) is 17.9 Å². The van der Waals surface area contributed by atoms with Crippen LogP contribution in [0.5, 0.6) is 5.75 Å². The lowest BCUT2D eigenvalue weighted by atomic mass is 10.1. The van der Waals surface area contributed by atoms with Gasteiger partial charge in [-0.05, 0) is 18.2 Å². The average Bonchev–Trinajstić information content (AvgIpc) is 2.87. The van der Waals surface area contributed by atoms with Crippen LogP contribution in [0, 0.1) is 10.1 Å². The fraction of sp³-hybridized carbons (Fsp3) is 0.167. The van der Waals surface area contributed by atoms with E-state index in [0.717, 1.165) is 11.8 Å². The van der Waals surface area contributed by atoms with E-state index in [1.54, 1.807) is 18.2 Å². The Morgan fingerprint density at radius 2 is 2.32 bits per heavy atom. The molecular formula is C12H11N3O4. The second-order valence-corrected chi connectivity index (χ2v) is 3.84. The van der Waals surface area contributed by atoms with Crippen LogP contribution in [0.25, 0.3) is 0 Å². The summed E-state index contributed by atoms with van der Waals surface area (Å²) in [5, 5.41) is 14.5. The molecule has 0 aliphatic rings. The summed E-state index contributed by atoms with van der Waals surface area (Å²) in [4.78, 5) is 20.8. The number of carbonyl (C=O) groups excluding carboxylic acids is 1. The van der Waals surface area contributed by atoms with Crippen LogP contribution in [-0.2, 0) is 6.54 Å². The number of ether oxygens (including phenoxy) is 1. The summed E-state index contributed by atoms with van der Waals surface area (Å²) in [6.45, 7) is 0.290. The third-order valence-corrected chi connectivity index (χ3v) is 2.60.